The van der Waals surface area contributed by atoms with Crippen LogP contribution in [0.4, 0.5) is 0 Å². The van der Waals surface area contributed by atoms with E-state index in [4.69, 9.17) is 33.3 Å². The van der Waals surface area contributed by atoms with Crippen molar-refractivity contribution in [1.82, 2.24) is 14.5 Å². The molecule has 1 saturated heterocycles. The number of hydrogen-bond donors (Lipinski definition) is 1. The number of methoxy groups -OCH3 is 1. The summed E-state index contributed by atoms with van der Waals surface area (Å²) in [7, 11) is -2.15. The summed E-state index contributed by atoms with van der Waals surface area (Å²) < 4.78 is 49.5. The van der Waals surface area contributed by atoms with Crippen molar-refractivity contribution >= 4 is 7.60 Å². The molecule has 0 amide bonds. The molecule has 1 fully saturated rings. The lowest BCUT2D eigenvalue weighted by Gasteiger charge is -2.39. The van der Waals surface area contributed by atoms with Crippen molar-refractivity contribution in [2.75, 3.05) is 26.9 Å². The molecule has 0 radical (unpaired) electrons. The highest BCUT2D eigenvalue weighted by Gasteiger charge is 2.48. The zero-order valence-corrected chi connectivity index (χ0v) is 24.5. The van der Waals surface area contributed by atoms with Crippen molar-refractivity contribution < 1.29 is 32.6 Å². The van der Waals surface area contributed by atoms with Crippen LogP contribution in [0.25, 0.3) is 0 Å². The number of nitriles is 1. The van der Waals surface area contributed by atoms with Crippen LogP contribution in [0.3, 0.4) is 0 Å². The highest BCUT2D eigenvalue weighted by molar-refractivity contribution is 7.57. The maximum atomic E-state index is 13.1. The number of ether oxygens (including phenoxy) is 4. The zero-order valence-electron chi connectivity index (χ0n) is 23.6. The van der Waals surface area contributed by atoms with E-state index in [0.717, 1.165) is 0 Å². The molecule has 0 saturated carbocycles. The van der Waals surface area contributed by atoms with Crippen LogP contribution in [-0.2, 0) is 32.6 Å². The second-order valence-electron chi connectivity index (χ2n) is 9.25. The standard InChI is InChI=1S/C25H41N4O9P/c1-8-35-39(32,36-9-2)16-12-19-21(38-25(34-15-10-13-26)29(17(3)4)18(5)6)22(33-7)23(37-19)28-14-11-20(30)27-24(28)31/h11-12,14,16-19,21-23,25H,8-10,15H2,1-7H3,(H,27,30,31)/b16-12+/t19-,21?,22+,23-,25?/m1/s1. The van der Waals surface area contributed by atoms with Crippen molar-refractivity contribution in [3.05, 3.63) is 45.0 Å². The Bertz CT molecular complexity index is 1110. The van der Waals surface area contributed by atoms with Crippen LogP contribution >= 0.6 is 7.60 Å². The molecule has 2 unspecified atom stereocenters. The molecular formula is C25H41N4O9P. The normalized spacial score (nSPS) is 22.8. The Morgan fingerprint density at radius 2 is 1.82 bits per heavy atom. The molecule has 0 spiro atoms. The number of aromatic amines is 1. The molecule has 1 N–H and O–H groups in total. The van der Waals surface area contributed by atoms with E-state index in [2.05, 4.69) is 11.1 Å². The topological polar surface area (TPSA) is 154 Å². The maximum absolute atomic E-state index is 13.1. The predicted molar refractivity (Wildman–Crippen MR) is 143 cm³/mol. The van der Waals surface area contributed by atoms with Gasteiger partial charge in [0.1, 0.15) is 18.3 Å². The maximum Gasteiger partial charge on any atom is 0.353 e. The van der Waals surface area contributed by atoms with E-state index in [1.807, 2.05) is 32.6 Å². The minimum Gasteiger partial charge on any atom is -0.374 e. The molecule has 5 atom stereocenters. The summed E-state index contributed by atoms with van der Waals surface area (Å²) in [6.07, 6.45) is -1.58. The van der Waals surface area contributed by atoms with Crippen LogP contribution in [0.1, 0.15) is 54.2 Å². The second-order valence-corrected chi connectivity index (χ2v) is 11.1. The molecule has 1 aromatic rings. The van der Waals surface area contributed by atoms with Crippen LogP contribution in [0.2, 0.25) is 0 Å². The Kier molecular flexibility index (Phi) is 13.2. The van der Waals surface area contributed by atoms with Gasteiger partial charge in [0.2, 0.25) is 6.41 Å². The highest BCUT2D eigenvalue weighted by atomic mass is 31.2. The average molecular weight is 573 g/mol. The van der Waals surface area contributed by atoms with Crippen molar-refractivity contribution in [3.63, 3.8) is 0 Å². The molecule has 1 aromatic heterocycles. The van der Waals surface area contributed by atoms with Gasteiger partial charge in [-0.2, -0.15) is 5.26 Å². The average Bonchev–Trinajstić information content (AvgIpc) is 3.19. The Labute approximate surface area is 229 Å². The Hall–Kier alpha value is -2.14. The van der Waals surface area contributed by atoms with E-state index in [-0.39, 0.29) is 38.3 Å². The fourth-order valence-corrected chi connectivity index (χ4v) is 5.72. The van der Waals surface area contributed by atoms with Gasteiger partial charge in [0, 0.05) is 37.3 Å². The minimum absolute atomic E-state index is 0.00290. The van der Waals surface area contributed by atoms with Crippen molar-refractivity contribution in [1.29, 1.82) is 5.26 Å². The number of hydrogen-bond acceptors (Lipinski definition) is 11. The first-order chi connectivity index (χ1) is 18.5. The lowest BCUT2D eigenvalue weighted by atomic mass is 10.1. The fourth-order valence-electron chi connectivity index (χ4n) is 4.37. The number of aromatic nitrogens is 2. The summed E-state index contributed by atoms with van der Waals surface area (Å²) >= 11 is 0. The Morgan fingerprint density at radius 1 is 1.18 bits per heavy atom. The van der Waals surface area contributed by atoms with Crippen LogP contribution in [0.15, 0.2) is 33.7 Å². The monoisotopic (exact) mass is 572 g/mol. The molecule has 1 aliphatic heterocycles. The SMILES string of the molecule is CCOP(=O)(/C=C/[C@H]1O[C@@H](n2ccc(=O)[nH]c2=O)[C@@H](OC)C1OC(OCCC#N)N(C(C)C)C(C)C)OCC. The number of nitrogens with zero attached hydrogens (tertiary/aromatic N) is 3. The van der Waals surface area contributed by atoms with E-state index in [9.17, 15) is 14.2 Å². The summed E-state index contributed by atoms with van der Waals surface area (Å²) in [6, 6.07) is 3.26. The van der Waals surface area contributed by atoms with E-state index in [1.165, 1.54) is 35.8 Å². The van der Waals surface area contributed by atoms with Gasteiger partial charge in [0.05, 0.1) is 32.3 Å². The molecule has 0 bridgehead atoms. The molecule has 0 aliphatic carbocycles. The lowest BCUT2D eigenvalue weighted by Crippen LogP contribution is -2.51. The van der Waals surface area contributed by atoms with E-state index in [0.29, 0.717) is 0 Å². The van der Waals surface area contributed by atoms with Gasteiger partial charge in [-0.25, -0.2) is 4.79 Å². The van der Waals surface area contributed by atoms with Gasteiger partial charge in [0.25, 0.3) is 5.56 Å². The summed E-state index contributed by atoms with van der Waals surface area (Å²) in [6.45, 7) is 11.8. The summed E-state index contributed by atoms with van der Waals surface area (Å²) in [5.74, 6) is 1.31. The van der Waals surface area contributed by atoms with Gasteiger partial charge in [0.15, 0.2) is 6.23 Å². The van der Waals surface area contributed by atoms with Gasteiger partial charge >= 0.3 is 13.3 Å². The van der Waals surface area contributed by atoms with Gasteiger partial charge in [-0.1, -0.05) is 0 Å². The molecule has 39 heavy (non-hydrogen) atoms. The second kappa shape index (κ2) is 15.6. The summed E-state index contributed by atoms with van der Waals surface area (Å²) in [4.78, 5) is 28.5. The third-order valence-electron chi connectivity index (χ3n) is 5.88. The molecule has 2 rings (SSSR count). The largest absolute Gasteiger partial charge is 0.374 e. The van der Waals surface area contributed by atoms with Crippen molar-refractivity contribution in [2.24, 2.45) is 0 Å². The summed E-state index contributed by atoms with van der Waals surface area (Å²) in [5.41, 5.74) is -1.25. The molecule has 1 aliphatic rings. The zero-order chi connectivity index (χ0) is 29.2. The van der Waals surface area contributed by atoms with Crippen molar-refractivity contribution in [2.45, 2.75) is 91.0 Å². The third kappa shape index (κ3) is 8.93. The van der Waals surface area contributed by atoms with Crippen LogP contribution in [0, 0.1) is 11.3 Å². The minimum atomic E-state index is -3.59. The quantitative estimate of drug-likeness (QED) is 0.177. The van der Waals surface area contributed by atoms with Crippen LogP contribution in [0.5, 0.6) is 0 Å². The molecule has 13 nitrogen and oxygen atoms in total. The first-order valence-corrected chi connectivity index (χ1v) is 14.6. The molecule has 0 aromatic carbocycles. The van der Waals surface area contributed by atoms with Gasteiger partial charge < -0.3 is 28.0 Å². The van der Waals surface area contributed by atoms with E-state index < -0.39 is 49.8 Å². The van der Waals surface area contributed by atoms with Crippen LogP contribution in [-0.4, -0.2) is 78.2 Å². The smallest absolute Gasteiger partial charge is 0.353 e. The Morgan fingerprint density at radius 3 is 2.33 bits per heavy atom. The number of rotatable bonds is 16. The third-order valence-corrected chi connectivity index (χ3v) is 7.66. The highest BCUT2D eigenvalue weighted by Crippen LogP contribution is 2.50. The molecule has 14 heteroatoms. The first kappa shape index (κ1) is 33.1. The van der Waals surface area contributed by atoms with E-state index in [1.54, 1.807) is 13.8 Å². The van der Waals surface area contributed by atoms with Gasteiger partial charge in [-0.05, 0) is 47.6 Å². The van der Waals surface area contributed by atoms with E-state index >= 15 is 0 Å². The predicted octanol–water partition coefficient (Wildman–Crippen LogP) is 2.95. The Balaban J connectivity index is 2.56. The van der Waals surface area contributed by atoms with Gasteiger partial charge in [-0.15, -0.1) is 0 Å². The number of H-pyrrole nitrogens is 1. The first-order valence-electron chi connectivity index (χ1n) is 13.0. The molecule has 2 heterocycles. The molecular weight excluding hydrogens is 531 g/mol. The molecule has 220 valence electrons. The lowest BCUT2D eigenvalue weighted by molar-refractivity contribution is -0.271. The summed E-state index contributed by atoms with van der Waals surface area (Å²) in [5, 5.41) is 9.04. The van der Waals surface area contributed by atoms with Gasteiger partial charge in [-0.3, -0.25) is 23.8 Å². The number of nitrogens with one attached hydrogen (secondary N) is 1. The van der Waals surface area contributed by atoms with Crippen LogP contribution < -0.4 is 11.2 Å². The fraction of sp³-hybridized carbons (Fsp3) is 0.720. The van der Waals surface area contributed by atoms with Crippen molar-refractivity contribution in [3.8, 4) is 6.07 Å².